The molecule has 26 heavy (non-hydrogen) atoms. The highest BCUT2D eigenvalue weighted by Gasteiger charge is 2.16. The van der Waals surface area contributed by atoms with Gasteiger partial charge in [-0.1, -0.05) is 53.0 Å². The molecule has 2 rings (SSSR count). The van der Waals surface area contributed by atoms with Crippen molar-refractivity contribution < 1.29 is 14.3 Å². The van der Waals surface area contributed by atoms with Crippen LogP contribution in [-0.2, 0) is 9.59 Å². The third kappa shape index (κ3) is 5.95. The van der Waals surface area contributed by atoms with Crippen molar-refractivity contribution in [2.45, 2.75) is 13.0 Å². The van der Waals surface area contributed by atoms with E-state index in [1.165, 1.54) is 25.1 Å². The first-order valence-corrected chi connectivity index (χ1v) is 8.64. The van der Waals surface area contributed by atoms with Gasteiger partial charge in [0.2, 0.25) is 0 Å². The molecule has 136 valence electrons. The van der Waals surface area contributed by atoms with Crippen molar-refractivity contribution in [2.75, 3.05) is 0 Å². The molecule has 2 amide bonds. The van der Waals surface area contributed by atoms with Gasteiger partial charge in [0.15, 0.2) is 6.10 Å². The smallest absolute Gasteiger partial charge is 0.279 e. The number of rotatable bonds is 5. The summed E-state index contributed by atoms with van der Waals surface area (Å²) in [6, 6.07) is 11.7. The Morgan fingerprint density at radius 3 is 2.46 bits per heavy atom. The minimum absolute atomic E-state index is 0.281. The fourth-order valence-corrected chi connectivity index (χ4v) is 2.51. The van der Waals surface area contributed by atoms with Crippen LogP contribution in [0.3, 0.4) is 0 Å². The van der Waals surface area contributed by atoms with Gasteiger partial charge in [0.25, 0.3) is 11.8 Å². The molecule has 0 spiro atoms. The van der Waals surface area contributed by atoms with Gasteiger partial charge in [0.05, 0.1) is 5.02 Å². The number of hydrogen-bond acceptors (Lipinski definition) is 3. The van der Waals surface area contributed by atoms with Crippen molar-refractivity contribution in [3.8, 4) is 5.75 Å². The number of amides is 2. The molecule has 0 aliphatic carbocycles. The largest absolute Gasteiger partial charge is 0.479 e. The second-order valence-electron chi connectivity index (χ2n) is 5.17. The maximum absolute atomic E-state index is 12.0. The Balaban J connectivity index is 1.85. The van der Waals surface area contributed by atoms with Gasteiger partial charge in [-0.05, 0) is 42.8 Å². The predicted molar refractivity (Wildman–Crippen MR) is 103 cm³/mol. The quantitative estimate of drug-likeness (QED) is 0.568. The summed E-state index contributed by atoms with van der Waals surface area (Å²) in [5, 5.41) is 1.25. The fourth-order valence-electron chi connectivity index (χ4n) is 1.86. The lowest BCUT2D eigenvalue weighted by Crippen LogP contribution is -2.46. The van der Waals surface area contributed by atoms with Gasteiger partial charge >= 0.3 is 0 Å². The molecule has 2 N–H and O–H groups in total. The van der Waals surface area contributed by atoms with E-state index < -0.39 is 17.9 Å². The first-order valence-electron chi connectivity index (χ1n) is 7.51. The molecule has 8 heteroatoms. The van der Waals surface area contributed by atoms with Crippen LogP contribution in [0.25, 0.3) is 6.08 Å². The van der Waals surface area contributed by atoms with Crippen LogP contribution in [0, 0.1) is 0 Å². The molecule has 0 fully saturated rings. The average molecular weight is 414 g/mol. The minimum atomic E-state index is -0.887. The molecular formula is C18H15Cl3N2O3. The van der Waals surface area contributed by atoms with Gasteiger partial charge in [-0.25, -0.2) is 0 Å². The zero-order chi connectivity index (χ0) is 19.1. The van der Waals surface area contributed by atoms with E-state index in [1.807, 2.05) is 0 Å². The molecule has 0 heterocycles. The summed E-state index contributed by atoms with van der Waals surface area (Å²) in [4.78, 5) is 23.8. The average Bonchev–Trinajstić information content (AvgIpc) is 2.61. The summed E-state index contributed by atoms with van der Waals surface area (Å²) in [5.74, 6) is -0.755. The highest BCUT2D eigenvalue weighted by molar-refractivity contribution is 6.35. The fraction of sp³-hybridized carbons (Fsp3) is 0.111. The highest BCUT2D eigenvalue weighted by Crippen LogP contribution is 2.28. The van der Waals surface area contributed by atoms with E-state index in [1.54, 1.807) is 36.4 Å². The number of hydrogen-bond donors (Lipinski definition) is 2. The number of ether oxygens (including phenoxy) is 1. The third-order valence-corrected chi connectivity index (χ3v) is 4.07. The van der Waals surface area contributed by atoms with Crippen LogP contribution in [0.5, 0.6) is 5.75 Å². The third-order valence-electron chi connectivity index (χ3n) is 3.20. The normalized spacial score (nSPS) is 11.8. The van der Waals surface area contributed by atoms with E-state index in [-0.39, 0.29) is 5.02 Å². The molecule has 5 nitrogen and oxygen atoms in total. The maximum atomic E-state index is 12.0. The Bertz CT molecular complexity index is 840. The Morgan fingerprint density at radius 1 is 1.04 bits per heavy atom. The summed E-state index contributed by atoms with van der Waals surface area (Å²) < 4.78 is 5.45. The van der Waals surface area contributed by atoms with E-state index in [9.17, 15) is 9.59 Å². The number of nitrogens with one attached hydrogen (secondary N) is 2. The van der Waals surface area contributed by atoms with E-state index >= 15 is 0 Å². The zero-order valence-electron chi connectivity index (χ0n) is 13.6. The summed E-state index contributed by atoms with van der Waals surface area (Å²) in [5.41, 5.74) is 5.21. The van der Waals surface area contributed by atoms with E-state index in [0.717, 1.165) is 0 Å². The summed E-state index contributed by atoms with van der Waals surface area (Å²) in [6.07, 6.45) is 1.90. The van der Waals surface area contributed by atoms with Crippen molar-refractivity contribution >= 4 is 52.7 Å². The summed E-state index contributed by atoms with van der Waals surface area (Å²) in [6.45, 7) is 1.52. The molecule has 0 saturated carbocycles. The van der Waals surface area contributed by atoms with Crippen LogP contribution in [0.4, 0.5) is 0 Å². The monoisotopic (exact) mass is 412 g/mol. The van der Waals surface area contributed by atoms with E-state index in [0.29, 0.717) is 21.4 Å². The van der Waals surface area contributed by atoms with Gasteiger partial charge in [-0.2, -0.15) is 0 Å². The molecule has 2 aromatic carbocycles. The lowest BCUT2D eigenvalue weighted by atomic mass is 10.2. The Hall–Kier alpha value is -2.21. The Morgan fingerprint density at radius 2 is 1.77 bits per heavy atom. The van der Waals surface area contributed by atoms with Gasteiger partial charge in [0, 0.05) is 16.1 Å². The number of hydrazine groups is 1. The lowest BCUT2D eigenvalue weighted by molar-refractivity contribution is -0.131. The maximum Gasteiger partial charge on any atom is 0.279 e. The van der Waals surface area contributed by atoms with Crippen LogP contribution < -0.4 is 15.6 Å². The topological polar surface area (TPSA) is 67.4 Å². The van der Waals surface area contributed by atoms with Crippen LogP contribution in [0.2, 0.25) is 15.1 Å². The first kappa shape index (κ1) is 20.1. The minimum Gasteiger partial charge on any atom is -0.479 e. The van der Waals surface area contributed by atoms with Gasteiger partial charge in [-0.3, -0.25) is 20.4 Å². The number of carbonyl (C=O) groups is 2. The molecule has 0 bridgehead atoms. The number of halogens is 3. The second kappa shape index (κ2) is 9.48. The molecule has 0 aliphatic heterocycles. The van der Waals surface area contributed by atoms with Crippen LogP contribution in [0.15, 0.2) is 48.5 Å². The Kier molecular flexibility index (Phi) is 7.33. The summed E-state index contributed by atoms with van der Waals surface area (Å²) in [7, 11) is 0. The molecule has 0 radical (unpaired) electrons. The van der Waals surface area contributed by atoms with Crippen LogP contribution in [-0.4, -0.2) is 17.9 Å². The molecule has 1 unspecified atom stereocenters. The molecule has 0 aliphatic rings. The Labute approximate surface area is 165 Å². The lowest BCUT2D eigenvalue weighted by Gasteiger charge is -2.15. The molecular weight excluding hydrogens is 399 g/mol. The molecule has 1 atom stereocenters. The van der Waals surface area contributed by atoms with Crippen molar-refractivity contribution in [3.05, 3.63) is 69.2 Å². The standard InChI is InChI=1S/C18H15Cl3N2O3/c1-11(26-16-8-7-13(19)10-15(16)21)18(25)23-22-17(24)9-6-12-4-2-3-5-14(12)20/h2-11H,1H3,(H,22,24)(H,23,25). The number of carbonyl (C=O) groups excluding carboxylic acids is 2. The SMILES string of the molecule is CC(Oc1ccc(Cl)cc1Cl)C(=O)NNC(=O)C=Cc1ccccc1Cl. The van der Waals surface area contributed by atoms with Crippen molar-refractivity contribution in [1.29, 1.82) is 0 Å². The second-order valence-corrected chi connectivity index (χ2v) is 6.42. The van der Waals surface area contributed by atoms with Crippen molar-refractivity contribution in [1.82, 2.24) is 10.9 Å². The van der Waals surface area contributed by atoms with E-state index in [2.05, 4.69) is 10.9 Å². The predicted octanol–water partition coefficient (Wildman–Crippen LogP) is 4.27. The van der Waals surface area contributed by atoms with Gasteiger partial charge in [-0.15, -0.1) is 0 Å². The number of benzene rings is 2. The van der Waals surface area contributed by atoms with Gasteiger partial charge in [0.1, 0.15) is 5.75 Å². The van der Waals surface area contributed by atoms with E-state index in [4.69, 9.17) is 39.5 Å². The van der Waals surface area contributed by atoms with Gasteiger partial charge < -0.3 is 4.74 Å². The highest BCUT2D eigenvalue weighted by atomic mass is 35.5. The first-order chi connectivity index (χ1) is 12.4. The molecule has 0 saturated heterocycles. The molecule has 0 aromatic heterocycles. The van der Waals surface area contributed by atoms with Crippen LogP contribution >= 0.6 is 34.8 Å². The van der Waals surface area contributed by atoms with Crippen LogP contribution in [0.1, 0.15) is 12.5 Å². The van der Waals surface area contributed by atoms with Crippen molar-refractivity contribution in [2.24, 2.45) is 0 Å². The molecule has 2 aromatic rings. The van der Waals surface area contributed by atoms with Crippen molar-refractivity contribution in [3.63, 3.8) is 0 Å². The zero-order valence-corrected chi connectivity index (χ0v) is 15.9. The summed E-state index contributed by atoms with van der Waals surface area (Å²) >= 11 is 17.8.